The fraction of sp³-hybridized carbons (Fsp3) is 0.692. The molecule has 1 aromatic rings. The molecule has 2 saturated heterocycles. The van der Waals surface area contributed by atoms with Crippen LogP contribution in [-0.4, -0.2) is 54.9 Å². The maximum Gasteiger partial charge on any atom is 0.240 e. The van der Waals surface area contributed by atoms with Crippen LogP contribution in [0.3, 0.4) is 0 Å². The van der Waals surface area contributed by atoms with Crippen LogP contribution in [0.5, 0.6) is 0 Å². The predicted octanol–water partition coefficient (Wildman–Crippen LogP) is 1.17. The molecule has 2 aliphatic heterocycles. The van der Waals surface area contributed by atoms with Crippen molar-refractivity contribution in [3.8, 4) is 0 Å². The molecule has 1 aromatic heterocycles. The van der Waals surface area contributed by atoms with E-state index in [1.807, 2.05) is 5.38 Å². The maximum atomic E-state index is 11.9. The third-order valence-electron chi connectivity index (χ3n) is 3.71. The number of carbonyl (C=O) groups excluding carboxylic acids is 1. The number of thiazole rings is 1. The van der Waals surface area contributed by atoms with Crippen LogP contribution in [0.1, 0.15) is 12.8 Å². The van der Waals surface area contributed by atoms with Gasteiger partial charge in [0, 0.05) is 17.5 Å². The molecule has 0 saturated carbocycles. The molecular formula is C13H19N3O3S. The molecule has 3 heterocycles. The van der Waals surface area contributed by atoms with Crippen molar-refractivity contribution < 1.29 is 14.3 Å². The van der Waals surface area contributed by atoms with E-state index in [1.54, 1.807) is 6.20 Å². The van der Waals surface area contributed by atoms with Gasteiger partial charge in [-0.25, -0.2) is 4.98 Å². The van der Waals surface area contributed by atoms with Crippen LogP contribution in [0, 0.1) is 5.92 Å². The monoisotopic (exact) mass is 297 g/mol. The van der Waals surface area contributed by atoms with Gasteiger partial charge in [-0.2, -0.15) is 0 Å². The number of ether oxygens (including phenoxy) is 2. The van der Waals surface area contributed by atoms with Gasteiger partial charge in [0.05, 0.1) is 19.8 Å². The lowest BCUT2D eigenvalue weighted by atomic mass is 9.96. The van der Waals surface area contributed by atoms with Crippen LogP contribution in [0.2, 0.25) is 0 Å². The van der Waals surface area contributed by atoms with Crippen molar-refractivity contribution in [1.29, 1.82) is 0 Å². The summed E-state index contributed by atoms with van der Waals surface area (Å²) in [7, 11) is 0. The lowest BCUT2D eigenvalue weighted by Crippen LogP contribution is -2.41. The molecular weight excluding hydrogens is 278 g/mol. The number of hydrogen-bond acceptors (Lipinski definition) is 6. The summed E-state index contributed by atoms with van der Waals surface area (Å²) in [6.45, 7) is 3.68. The molecule has 2 aliphatic rings. The Labute approximate surface area is 122 Å². The van der Waals surface area contributed by atoms with Gasteiger partial charge in [-0.05, 0) is 25.9 Å². The van der Waals surface area contributed by atoms with Crippen molar-refractivity contribution >= 4 is 22.4 Å². The predicted molar refractivity (Wildman–Crippen MR) is 75.6 cm³/mol. The fourth-order valence-corrected chi connectivity index (χ4v) is 3.22. The topological polar surface area (TPSA) is 63.7 Å². The van der Waals surface area contributed by atoms with Gasteiger partial charge in [-0.15, -0.1) is 11.3 Å². The summed E-state index contributed by atoms with van der Waals surface area (Å²) in [6, 6.07) is 0. The van der Waals surface area contributed by atoms with Gasteiger partial charge < -0.3 is 14.8 Å². The minimum absolute atomic E-state index is 0.00627. The Hall–Kier alpha value is -1.02. The van der Waals surface area contributed by atoms with Crippen molar-refractivity contribution in [1.82, 2.24) is 9.88 Å². The Kier molecular flexibility index (Phi) is 4.62. The standard InChI is InChI=1S/C13H19N3O3S/c17-11(15-13-14-3-8-20-13)9-16-4-1-10(2-5-16)12-18-6-7-19-12/h3,8,10,12H,1-2,4-7,9H2,(H,14,15,17). The van der Waals surface area contributed by atoms with Crippen LogP contribution >= 0.6 is 11.3 Å². The lowest BCUT2D eigenvalue weighted by Gasteiger charge is -2.33. The van der Waals surface area contributed by atoms with E-state index in [0.29, 0.717) is 30.8 Å². The molecule has 3 rings (SSSR count). The highest BCUT2D eigenvalue weighted by molar-refractivity contribution is 7.13. The van der Waals surface area contributed by atoms with Gasteiger partial charge in [0.15, 0.2) is 11.4 Å². The molecule has 2 fully saturated rings. The molecule has 0 atom stereocenters. The average molecular weight is 297 g/mol. The molecule has 1 amide bonds. The third kappa shape index (κ3) is 3.54. The molecule has 0 aliphatic carbocycles. The van der Waals surface area contributed by atoms with E-state index in [9.17, 15) is 4.79 Å². The van der Waals surface area contributed by atoms with Crippen LogP contribution in [-0.2, 0) is 14.3 Å². The number of nitrogens with one attached hydrogen (secondary N) is 1. The number of rotatable bonds is 4. The van der Waals surface area contributed by atoms with E-state index in [-0.39, 0.29) is 12.2 Å². The molecule has 0 aromatic carbocycles. The lowest BCUT2D eigenvalue weighted by molar-refractivity contribution is -0.119. The minimum Gasteiger partial charge on any atom is -0.350 e. The Morgan fingerprint density at radius 2 is 2.15 bits per heavy atom. The number of amides is 1. The van der Waals surface area contributed by atoms with Crippen molar-refractivity contribution in [2.75, 3.05) is 38.2 Å². The zero-order valence-electron chi connectivity index (χ0n) is 11.3. The van der Waals surface area contributed by atoms with Crippen LogP contribution in [0.15, 0.2) is 11.6 Å². The number of aromatic nitrogens is 1. The highest BCUT2D eigenvalue weighted by Gasteiger charge is 2.30. The molecule has 7 heteroatoms. The number of likely N-dealkylation sites (tertiary alicyclic amines) is 1. The Morgan fingerprint density at radius 3 is 2.80 bits per heavy atom. The normalized spacial score (nSPS) is 22.2. The zero-order valence-corrected chi connectivity index (χ0v) is 12.1. The summed E-state index contributed by atoms with van der Waals surface area (Å²) in [5, 5.41) is 5.33. The Bertz CT molecular complexity index is 426. The first-order valence-corrected chi connectivity index (χ1v) is 7.84. The first-order chi connectivity index (χ1) is 9.81. The Morgan fingerprint density at radius 1 is 1.40 bits per heavy atom. The largest absolute Gasteiger partial charge is 0.350 e. The van der Waals surface area contributed by atoms with Crippen LogP contribution in [0.4, 0.5) is 5.13 Å². The second-order valence-corrected chi connectivity index (χ2v) is 6.00. The van der Waals surface area contributed by atoms with Crippen molar-refractivity contribution in [3.05, 3.63) is 11.6 Å². The van der Waals surface area contributed by atoms with Gasteiger partial charge >= 0.3 is 0 Å². The molecule has 0 spiro atoms. The number of piperidine rings is 1. The van der Waals surface area contributed by atoms with Gasteiger partial charge in [-0.3, -0.25) is 9.69 Å². The number of hydrogen-bond donors (Lipinski definition) is 1. The SMILES string of the molecule is O=C(CN1CCC(C2OCCO2)CC1)Nc1nccs1. The third-order valence-corrected chi connectivity index (χ3v) is 4.40. The van der Waals surface area contributed by atoms with Gasteiger partial charge in [0.25, 0.3) is 0 Å². The summed E-state index contributed by atoms with van der Waals surface area (Å²) < 4.78 is 11.1. The average Bonchev–Trinajstić information content (AvgIpc) is 3.12. The molecule has 1 N–H and O–H groups in total. The van der Waals surface area contributed by atoms with Crippen LogP contribution < -0.4 is 5.32 Å². The molecule has 20 heavy (non-hydrogen) atoms. The second-order valence-electron chi connectivity index (χ2n) is 5.11. The number of anilines is 1. The smallest absolute Gasteiger partial charge is 0.240 e. The van der Waals surface area contributed by atoms with Crippen molar-refractivity contribution in [2.45, 2.75) is 19.1 Å². The summed E-state index contributed by atoms with van der Waals surface area (Å²) in [5.41, 5.74) is 0. The van der Waals surface area contributed by atoms with Gasteiger partial charge in [0.1, 0.15) is 0 Å². The maximum absolute atomic E-state index is 11.9. The molecule has 110 valence electrons. The van der Waals surface area contributed by atoms with E-state index < -0.39 is 0 Å². The molecule has 6 nitrogen and oxygen atoms in total. The van der Waals surface area contributed by atoms with E-state index >= 15 is 0 Å². The van der Waals surface area contributed by atoms with Crippen molar-refractivity contribution in [3.63, 3.8) is 0 Å². The highest BCUT2D eigenvalue weighted by Crippen LogP contribution is 2.25. The summed E-state index contributed by atoms with van der Waals surface area (Å²) in [5.74, 6) is 0.475. The van der Waals surface area contributed by atoms with E-state index in [4.69, 9.17) is 9.47 Å². The van der Waals surface area contributed by atoms with Gasteiger partial charge in [0.2, 0.25) is 5.91 Å². The van der Waals surface area contributed by atoms with E-state index in [1.165, 1.54) is 11.3 Å². The molecule has 0 unspecified atom stereocenters. The van der Waals surface area contributed by atoms with Crippen LogP contribution in [0.25, 0.3) is 0 Å². The van der Waals surface area contributed by atoms with E-state index in [0.717, 1.165) is 25.9 Å². The quantitative estimate of drug-likeness (QED) is 0.904. The second kappa shape index (κ2) is 6.62. The Balaban J connectivity index is 1.40. The first kappa shape index (κ1) is 13.9. The summed E-state index contributed by atoms with van der Waals surface area (Å²) in [6.07, 6.45) is 3.71. The van der Waals surface area contributed by atoms with E-state index in [2.05, 4.69) is 15.2 Å². The van der Waals surface area contributed by atoms with Gasteiger partial charge in [-0.1, -0.05) is 0 Å². The molecule has 0 bridgehead atoms. The summed E-state index contributed by atoms with van der Waals surface area (Å²) >= 11 is 1.44. The minimum atomic E-state index is -0.0266. The number of nitrogens with zero attached hydrogens (tertiary/aromatic N) is 2. The molecule has 0 radical (unpaired) electrons. The fourth-order valence-electron chi connectivity index (χ4n) is 2.68. The van der Waals surface area contributed by atoms with Crippen molar-refractivity contribution in [2.24, 2.45) is 5.92 Å². The zero-order chi connectivity index (χ0) is 13.8. The summed E-state index contributed by atoms with van der Waals surface area (Å²) in [4.78, 5) is 18.1. The number of carbonyl (C=O) groups is 1. The first-order valence-electron chi connectivity index (χ1n) is 6.96. The highest BCUT2D eigenvalue weighted by atomic mass is 32.1.